The number of nitrogens with one attached hydrogen (secondary N) is 1. The van der Waals surface area contributed by atoms with Gasteiger partial charge in [0, 0.05) is 19.2 Å². The van der Waals surface area contributed by atoms with Gasteiger partial charge in [-0.2, -0.15) is 5.10 Å². The molecule has 0 saturated carbocycles. The van der Waals surface area contributed by atoms with Crippen molar-refractivity contribution in [1.82, 2.24) is 20.1 Å². The van der Waals surface area contributed by atoms with E-state index in [0.717, 1.165) is 28.1 Å². The van der Waals surface area contributed by atoms with Crippen LogP contribution in [-0.2, 0) is 30.2 Å². The molecule has 2 aromatic heterocycles. The number of aryl methyl sites for hydroxylation is 2. The summed E-state index contributed by atoms with van der Waals surface area (Å²) in [5.41, 5.74) is 6.07. The van der Waals surface area contributed by atoms with Crippen molar-refractivity contribution in [2.45, 2.75) is 59.4 Å². The van der Waals surface area contributed by atoms with Crippen molar-refractivity contribution < 1.29 is 9.21 Å². The van der Waals surface area contributed by atoms with Crippen molar-refractivity contribution in [3.8, 4) is 0 Å². The minimum atomic E-state index is -0.0183. The maximum absolute atomic E-state index is 12.2. The van der Waals surface area contributed by atoms with Crippen LogP contribution in [0.1, 0.15) is 55.6 Å². The smallest absolute Gasteiger partial charge is 0.220 e. The fraction of sp³-hybridized carbons (Fsp3) is 0.476. The van der Waals surface area contributed by atoms with Gasteiger partial charge in [-0.15, -0.1) is 0 Å². The number of oxazole rings is 1. The Balaban J connectivity index is 1.60. The molecule has 0 aliphatic heterocycles. The van der Waals surface area contributed by atoms with E-state index in [2.05, 4.69) is 48.3 Å². The number of carbonyl (C=O) groups excluding carboxylic acids is 1. The van der Waals surface area contributed by atoms with Crippen LogP contribution in [0.4, 0.5) is 0 Å². The number of hydrogen-bond donors (Lipinski definition) is 1. The van der Waals surface area contributed by atoms with Crippen LogP contribution in [0.5, 0.6) is 0 Å². The first-order valence-electron chi connectivity index (χ1n) is 9.31. The van der Waals surface area contributed by atoms with Crippen LogP contribution in [0.25, 0.3) is 11.1 Å². The monoisotopic (exact) mass is 368 g/mol. The highest BCUT2D eigenvalue weighted by Crippen LogP contribution is 2.26. The van der Waals surface area contributed by atoms with Crippen molar-refractivity contribution >= 4 is 17.0 Å². The predicted octanol–water partition coefficient (Wildman–Crippen LogP) is 3.72. The normalized spacial score (nSPS) is 11.9. The van der Waals surface area contributed by atoms with Crippen LogP contribution in [0, 0.1) is 13.8 Å². The van der Waals surface area contributed by atoms with Crippen molar-refractivity contribution in [3.05, 3.63) is 46.6 Å². The molecular weight excluding hydrogens is 340 g/mol. The van der Waals surface area contributed by atoms with Gasteiger partial charge in [0.2, 0.25) is 11.8 Å². The van der Waals surface area contributed by atoms with Crippen molar-refractivity contribution in [3.63, 3.8) is 0 Å². The molecule has 1 aromatic carbocycles. The summed E-state index contributed by atoms with van der Waals surface area (Å²) in [6, 6.07) is 6.06. The van der Waals surface area contributed by atoms with Crippen LogP contribution >= 0.6 is 0 Å². The lowest BCUT2D eigenvalue weighted by atomic mass is 9.87. The summed E-state index contributed by atoms with van der Waals surface area (Å²) < 4.78 is 7.61. The van der Waals surface area contributed by atoms with Crippen molar-refractivity contribution in [2.24, 2.45) is 7.05 Å². The number of fused-ring (bicyclic) bond motifs is 1. The Kier molecular flexibility index (Phi) is 5.09. The van der Waals surface area contributed by atoms with E-state index in [-0.39, 0.29) is 11.3 Å². The fourth-order valence-corrected chi connectivity index (χ4v) is 3.20. The average Bonchev–Trinajstić information content (AvgIpc) is 3.10. The molecule has 0 bridgehead atoms. The van der Waals surface area contributed by atoms with Gasteiger partial charge in [-0.25, -0.2) is 4.98 Å². The molecule has 27 heavy (non-hydrogen) atoms. The second kappa shape index (κ2) is 7.18. The average molecular weight is 368 g/mol. The third-order valence-corrected chi connectivity index (χ3v) is 5.00. The zero-order valence-corrected chi connectivity index (χ0v) is 17.0. The highest BCUT2D eigenvalue weighted by atomic mass is 16.3. The minimum absolute atomic E-state index is 0.0183. The predicted molar refractivity (Wildman–Crippen MR) is 106 cm³/mol. The summed E-state index contributed by atoms with van der Waals surface area (Å²) in [5, 5.41) is 7.29. The topological polar surface area (TPSA) is 73.0 Å². The maximum Gasteiger partial charge on any atom is 0.220 e. The van der Waals surface area contributed by atoms with Crippen molar-refractivity contribution in [1.29, 1.82) is 0 Å². The highest BCUT2D eigenvalue weighted by Gasteiger charge is 2.16. The Morgan fingerprint density at radius 2 is 2.00 bits per heavy atom. The van der Waals surface area contributed by atoms with Crippen LogP contribution in [-0.4, -0.2) is 20.7 Å². The van der Waals surface area contributed by atoms with Crippen LogP contribution < -0.4 is 5.32 Å². The molecule has 0 spiro atoms. The standard InChI is InChI=1S/C21H28N4O2/c1-13-16(14(2)25(6)24-13)8-10-19(26)22-12-20-23-17-11-15(21(3,4)5)7-9-18(17)27-20/h7,9,11H,8,10,12H2,1-6H3,(H,22,26). The first-order chi connectivity index (χ1) is 12.6. The lowest BCUT2D eigenvalue weighted by Crippen LogP contribution is -2.23. The van der Waals surface area contributed by atoms with Gasteiger partial charge in [0.15, 0.2) is 5.58 Å². The van der Waals surface area contributed by atoms with E-state index in [4.69, 9.17) is 4.42 Å². The van der Waals surface area contributed by atoms with Gasteiger partial charge < -0.3 is 9.73 Å². The van der Waals surface area contributed by atoms with E-state index < -0.39 is 0 Å². The molecule has 1 amide bonds. The van der Waals surface area contributed by atoms with E-state index in [1.165, 1.54) is 5.56 Å². The third kappa shape index (κ3) is 4.21. The fourth-order valence-electron chi connectivity index (χ4n) is 3.20. The van der Waals surface area contributed by atoms with Gasteiger partial charge >= 0.3 is 0 Å². The first-order valence-corrected chi connectivity index (χ1v) is 9.31. The summed E-state index contributed by atoms with van der Waals surface area (Å²) in [7, 11) is 1.92. The summed E-state index contributed by atoms with van der Waals surface area (Å²) in [5.74, 6) is 0.508. The summed E-state index contributed by atoms with van der Waals surface area (Å²) >= 11 is 0. The highest BCUT2D eigenvalue weighted by molar-refractivity contribution is 5.76. The van der Waals surface area contributed by atoms with Gasteiger partial charge in [0.1, 0.15) is 5.52 Å². The number of carbonyl (C=O) groups is 1. The molecule has 0 fully saturated rings. The maximum atomic E-state index is 12.2. The van der Waals surface area contributed by atoms with Crippen LogP contribution in [0.15, 0.2) is 22.6 Å². The number of rotatable bonds is 5. The molecule has 2 heterocycles. The van der Waals surface area contributed by atoms with Gasteiger partial charge in [0.05, 0.1) is 12.2 Å². The molecule has 6 nitrogen and oxygen atoms in total. The molecule has 1 N–H and O–H groups in total. The van der Waals surface area contributed by atoms with E-state index in [9.17, 15) is 4.79 Å². The lowest BCUT2D eigenvalue weighted by Gasteiger charge is -2.18. The summed E-state index contributed by atoms with van der Waals surface area (Å²) in [6.07, 6.45) is 1.10. The molecule has 3 aromatic rings. The molecule has 3 rings (SSSR count). The number of benzene rings is 1. The zero-order valence-electron chi connectivity index (χ0n) is 17.0. The van der Waals surface area contributed by atoms with Crippen LogP contribution in [0.2, 0.25) is 0 Å². The van der Waals surface area contributed by atoms with Gasteiger partial charge in [0.25, 0.3) is 0 Å². The molecule has 0 unspecified atom stereocenters. The Bertz CT molecular complexity index is 976. The SMILES string of the molecule is Cc1nn(C)c(C)c1CCC(=O)NCc1nc2cc(C(C)(C)C)ccc2o1. The van der Waals surface area contributed by atoms with E-state index >= 15 is 0 Å². The summed E-state index contributed by atoms with van der Waals surface area (Å²) in [4.78, 5) is 16.7. The van der Waals surface area contributed by atoms with E-state index in [0.29, 0.717) is 25.3 Å². The zero-order chi connectivity index (χ0) is 19.8. The van der Waals surface area contributed by atoms with Crippen molar-refractivity contribution in [2.75, 3.05) is 0 Å². The van der Waals surface area contributed by atoms with E-state index in [1.807, 2.05) is 31.6 Å². The Morgan fingerprint density at radius 1 is 1.26 bits per heavy atom. The van der Waals surface area contributed by atoms with Gasteiger partial charge in [-0.3, -0.25) is 9.48 Å². The van der Waals surface area contributed by atoms with Crippen LogP contribution in [0.3, 0.4) is 0 Å². The molecule has 144 valence electrons. The number of aromatic nitrogens is 3. The molecule has 0 aliphatic rings. The number of amides is 1. The molecule has 0 saturated heterocycles. The molecule has 0 atom stereocenters. The Labute approximate surface area is 160 Å². The Hall–Kier alpha value is -2.63. The third-order valence-electron chi connectivity index (χ3n) is 5.00. The quantitative estimate of drug-likeness (QED) is 0.745. The largest absolute Gasteiger partial charge is 0.439 e. The molecule has 0 radical (unpaired) electrons. The molecule has 0 aliphatic carbocycles. The first kappa shape index (κ1) is 19.1. The van der Waals surface area contributed by atoms with Gasteiger partial charge in [-0.1, -0.05) is 26.8 Å². The molecule has 6 heteroatoms. The molecular formula is C21H28N4O2. The second-order valence-corrected chi connectivity index (χ2v) is 8.09. The van der Waals surface area contributed by atoms with E-state index in [1.54, 1.807) is 0 Å². The van der Waals surface area contributed by atoms with Gasteiger partial charge in [-0.05, 0) is 48.9 Å². The second-order valence-electron chi connectivity index (χ2n) is 8.09. The number of hydrogen-bond acceptors (Lipinski definition) is 4. The Morgan fingerprint density at radius 3 is 2.63 bits per heavy atom. The summed E-state index contributed by atoms with van der Waals surface area (Å²) in [6.45, 7) is 10.8. The number of nitrogens with zero attached hydrogens (tertiary/aromatic N) is 3. The lowest BCUT2D eigenvalue weighted by molar-refractivity contribution is -0.121. The minimum Gasteiger partial charge on any atom is -0.439 e.